The maximum absolute atomic E-state index is 12.2. The lowest BCUT2D eigenvalue weighted by molar-refractivity contribution is -0.462. The van der Waals surface area contributed by atoms with E-state index in [1.165, 1.54) is 0 Å². The quantitative estimate of drug-likeness (QED) is 0.646. The number of benzene rings is 2. The van der Waals surface area contributed by atoms with Gasteiger partial charge in [0, 0.05) is 35.2 Å². The lowest BCUT2D eigenvalue weighted by Gasteiger charge is -2.39. The van der Waals surface area contributed by atoms with Crippen LogP contribution in [0.5, 0.6) is 5.75 Å². The molecule has 0 spiro atoms. The Balaban J connectivity index is 1.76. The second-order valence-electron chi connectivity index (χ2n) is 9.57. The highest BCUT2D eigenvalue weighted by Crippen LogP contribution is 2.52. The first-order valence-corrected chi connectivity index (χ1v) is 11.6. The van der Waals surface area contributed by atoms with Gasteiger partial charge >= 0.3 is 5.97 Å². The number of rotatable bonds is 4. The third-order valence-corrected chi connectivity index (χ3v) is 6.75. The SMILES string of the molecule is CN(C)Cc1c(O)ccc2c1C=CC1C(c3ccccc3C(=O)O)=C3C=CC(=[N+](C)C)C=C3OC21. The van der Waals surface area contributed by atoms with E-state index in [1.54, 1.807) is 18.2 Å². The average Bonchev–Trinajstić information content (AvgIpc) is 2.83. The normalized spacial score (nSPS) is 20.1. The van der Waals surface area contributed by atoms with Gasteiger partial charge in [-0.3, -0.25) is 0 Å². The first-order chi connectivity index (χ1) is 16.8. The van der Waals surface area contributed by atoms with Crippen molar-refractivity contribution in [2.75, 3.05) is 28.2 Å². The van der Waals surface area contributed by atoms with Crippen molar-refractivity contribution in [3.05, 3.63) is 99.9 Å². The second kappa shape index (κ2) is 8.71. The molecule has 0 saturated heterocycles. The molecule has 2 atom stereocenters. The van der Waals surface area contributed by atoms with Crippen LogP contribution in [-0.2, 0) is 11.3 Å². The third-order valence-electron chi connectivity index (χ3n) is 6.75. The number of fused-ring (bicyclic) bond motifs is 4. The van der Waals surface area contributed by atoms with Crippen molar-refractivity contribution in [2.45, 2.75) is 12.6 Å². The van der Waals surface area contributed by atoms with Gasteiger partial charge in [-0.25, -0.2) is 9.37 Å². The number of nitrogens with zero attached hydrogens (tertiary/aromatic N) is 2. The van der Waals surface area contributed by atoms with E-state index in [0.717, 1.165) is 39.3 Å². The van der Waals surface area contributed by atoms with Crippen LogP contribution in [0.2, 0.25) is 0 Å². The van der Waals surface area contributed by atoms with Crippen LogP contribution in [0, 0.1) is 5.92 Å². The highest BCUT2D eigenvalue weighted by molar-refractivity contribution is 6.05. The number of allylic oxidation sites excluding steroid dienone is 3. The molecule has 2 aromatic rings. The van der Waals surface area contributed by atoms with Crippen LogP contribution in [0.3, 0.4) is 0 Å². The first-order valence-electron chi connectivity index (χ1n) is 11.6. The van der Waals surface area contributed by atoms with Gasteiger partial charge in [0.25, 0.3) is 0 Å². The molecule has 1 heterocycles. The molecule has 6 nitrogen and oxygen atoms in total. The number of hydrogen-bond donors (Lipinski definition) is 2. The Bertz CT molecular complexity index is 1390. The molecule has 5 rings (SSSR count). The molecular formula is C29H29N2O4+. The summed E-state index contributed by atoms with van der Waals surface area (Å²) in [6.07, 6.45) is 9.84. The Labute approximate surface area is 205 Å². The second-order valence-corrected chi connectivity index (χ2v) is 9.57. The fourth-order valence-electron chi connectivity index (χ4n) is 5.13. The number of carbonyl (C=O) groups is 1. The lowest BCUT2D eigenvalue weighted by atomic mass is 9.73. The van der Waals surface area contributed by atoms with Crippen LogP contribution in [0.15, 0.2) is 72.0 Å². The minimum Gasteiger partial charge on any atom is -0.508 e. The van der Waals surface area contributed by atoms with Gasteiger partial charge in [0.15, 0.2) is 0 Å². The maximum atomic E-state index is 12.2. The molecule has 0 fully saturated rings. The number of aromatic hydroxyl groups is 1. The summed E-state index contributed by atoms with van der Waals surface area (Å²) in [4.78, 5) is 14.2. The Morgan fingerprint density at radius 1 is 1.09 bits per heavy atom. The molecule has 0 saturated carbocycles. The largest absolute Gasteiger partial charge is 0.508 e. The van der Waals surface area contributed by atoms with Gasteiger partial charge in [0.1, 0.15) is 31.7 Å². The van der Waals surface area contributed by atoms with Gasteiger partial charge in [-0.1, -0.05) is 36.4 Å². The Morgan fingerprint density at radius 3 is 2.57 bits per heavy atom. The Morgan fingerprint density at radius 2 is 1.86 bits per heavy atom. The molecule has 6 heteroatoms. The summed E-state index contributed by atoms with van der Waals surface area (Å²) in [6, 6.07) is 10.8. The highest BCUT2D eigenvalue weighted by atomic mass is 16.5. The van der Waals surface area contributed by atoms with Crippen molar-refractivity contribution in [3.63, 3.8) is 0 Å². The molecular weight excluding hydrogens is 440 g/mol. The Kier molecular flexibility index (Phi) is 5.69. The van der Waals surface area contributed by atoms with Gasteiger partial charge in [-0.05, 0) is 49.0 Å². The first kappa shape index (κ1) is 22.9. The number of ether oxygens (including phenoxy) is 1. The Hall–Kier alpha value is -3.90. The lowest BCUT2D eigenvalue weighted by Crippen LogP contribution is -2.28. The van der Waals surface area contributed by atoms with Gasteiger partial charge < -0.3 is 19.8 Å². The fourth-order valence-corrected chi connectivity index (χ4v) is 5.13. The van der Waals surface area contributed by atoms with Crippen LogP contribution in [0.4, 0.5) is 0 Å². The molecule has 0 amide bonds. The van der Waals surface area contributed by atoms with Gasteiger partial charge in [0.2, 0.25) is 5.71 Å². The van der Waals surface area contributed by atoms with Gasteiger partial charge in [0.05, 0.1) is 11.6 Å². The van der Waals surface area contributed by atoms with Crippen molar-refractivity contribution < 1.29 is 24.3 Å². The maximum Gasteiger partial charge on any atom is 0.336 e. The number of carboxylic acid groups (broad SMARTS) is 1. The van der Waals surface area contributed by atoms with E-state index in [4.69, 9.17) is 4.74 Å². The molecule has 3 aliphatic rings. The van der Waals surface area contributed by atoms with E-state index >= 15 is 0 Å². The molecule has 2 N–H and O–H groups in total. The minimum absolute atomic E-state index is 0.183. The molecule has 178 valence electrons. The topological polar surface area (TPSA) is 73.0 Å². The van der Waals surface area contributed by atoms with Gasteiger partial charge in [-0.2, -0.15) is 0 Å². The fraction of sp³-hybridized carbons (Fsp3) is 0.241. The smallest absolute Gasteiger partial charge is 0.336 e. The predicted molar refractivity (Wildman–Crippen MR) is 137 cm³/mol. The van der Waals surface area contributed by atoms with Crippen LogP contribution >= 0.6 is 0 Å². The number of carboxylic acids is 1. The van der Waals surface area contributed by atoms with Crippen LogP contribution < -0.4 is 0 Å². The van der Waals surface area contributed by atoms with Crippen molar-refractivity contribution in [1.82, 2.24) is 4.90 Å². The third kappa shape index (κ3) is 3.90. The van der Waals surface area contributed by atoms with E-state index in [-0.39, 0.29) is 23.3 Å². The zero-order valence-electron chi connectivity index (χ0n) is 20.3. The van der Waals surface area contributed by atoms with Gasteiger partial charge in [-0.15, -0.1) is 0 Å². The minimum atomic E-state index is -0.957. The predicted octanol–water partition coefficient (Wildman–Crippen LogP) is 4.49. The standard InChI is InChI=1S/C29H28N2O4/c1-30(2)16-24-18-11-12-23-27(19-7-5-6-8-21(19)29(33)34)22-10-9-17(31(3)4)15-26(22)35-28(23)20(18)13-14-25(24)32/h5-15,23,28H,16H2,1-4H3,(H-,32,33,34)/p+1. The summed E-state index contributed by atoms with van der Waals surface area (Å²) in [6.45, 7) is 0.594. The number of phenolic OH excluding ortho intramolecular Hbond substituents is 1. The summed E-state index contributed by atoms with van der Waals surface area (Å²) in [5.74, 6) is -0.165. The van der Waals surface area contributed by atoms with Crippen molar-refractivity contribution in [3.8, 4) is 5.75 Å². The van der Waals surface area contributed by atoms with Crippen LogP contribution in [0.25, 0.3) is 11.6 Å². The molecule has 35 heavy (non-hydrogen) atoms. The van der Waals surface area contributed by atoms with Crippen LogP contribution in [0.1, 0.15) is 38.7 Å². The van der Waals surface area contributed by atoms with E-state index in [1.807, 2.05) is 80.2 Å². The summed E-state index contributed by atoms with van der Waals surface area (Å²) >= 11 is 0. The molecule has 1 aliphatic heterocycles. The molecule has 2 aromatic carbocycles. The van der Waals surface area contributed by atoms with E-state index in [9.17, 15) is 15.0 Å². The van der Waals surface area contributed by atoms with E-state index in [2.05, 4.69) is 6.08 Å². The molecule has 0 radical (unpaired) electrons. The molecule has 0 bridgehead atoms. The van der Waals surface area contributed by atoms with E-state index < -0.39 is 5.97 Å². The number of hydrogen-bond acceptors (Lipinski definition) is 4. The zero-order chi connectivity index (χ0) is 24.9. The molecule has 2 aliphatic carbocycles. The number of aromatic carboxylic acids is 1. The number of phenols is 1. The summed E-state index contributed by atoms with van der Waals surface area (Å²) < 4.78 is 8.68. The molecule has 2 unspecified atom stereocenters. The van der Waals surface area contributed by atoms with Crippen molar-refractivity contribution in [1.29, 1.82) is 0 Å². The monoisotopic (exact) mass is 469 g/mol. The summed E-state index contributed by atoms with van der Waals surface area (Å²) in [5, 5.41) is 20.6. The van der Waals surface area contributed by atoms with Crippen molar-refractivity contribution >= 4 is 23.3 Å². The molecule has 0 aromatic heterocycles. The zero-order valence-corrected chi connectivity index (χ0v) is 20.3. The summed E-state index contributed by atoms with van der Waals surface area (Å²) in [5.41, 5.74) is 6.58. The average molecular weight is 470 g/mol. The highest BCUT2D eigenvalue weighted by Gasteiger charge is 2.40. The van der Waals surface area contributed by atoms with Crippen LogP contribution in [-0.4, -0.2) is 59.6 Å². The van der Waals surface area contributed by atoms with Crippen molar-refractivity contribution in [2.24, 2.45) is 5.92 Å². The summed E-state index contributed by atoms with van der Waals surface area (Å²) in [7, 11) is 7.90. The van der Waals surface area contributed by atoms with E-state index in [0.29, 0.717) is 12.1 Å².